The molecule has 6 heteroatoms. The lowest BCUT2D eigenvalue weighted by Gasteiger charge is -2.31. The van der Waals surface area contributed by atoms with Crippen LogP contribution in [0.25, 0.3) is 0 Å². The van der Waals surface area contributed by atoms with Crippen LogP contribution in [0.2, 0.25) is 0 Å². The zero-order valence-electron chi connectivity index (χ0n) is 14.0. The highest BCUT2D eigenvalue weighted by molar-refractivity contribution is 8.00. The van der Waals surface area contributed by atoms with E-state index in [4.69, 9.17) is 5.26 Å². The molecule has 1 aromatic rings. The summed E-state index contributed by atoms with van der Waals surface area (Å²) in [5.41, 5.74) is 1.05. The highest BCUT2D eigenvalue weighted by atomic mass is 32.2. The van der Waals surface area contributed by atoms with Gasteiger partial charge in [0.2, 0.25) is 5.91 Å². The summed E-state index contributed by atoms with van der Waals surface area (Å²) in [6.07, 6.45) is 5.66. The van der Waals surface area contributed by atoms with Crippen LogP contribution < -0.4 is 5.32 Å². The molecular weight excluding hydrogens is 322 g/mol. The van der Waals surface area contributed by atoms with Crippen LogP contribution in [0.3, 0.4) is 0 Å². The third-order valence-corrected chi connectivity index (χ3v) is 5.07. The number of anilines is 1. The summed E-state index contributed by atoms with van der Waals surface area (Å²) in [4.78, 5) is 26.6. The topological polar surface area (TPSA) is 73.2 Å². The number of thioether (sulfide) groups is 1. The van der Waals surface area contributed by atoms with E-state index >= 15 is 0 Å². The van der Waals surface area contributed by atoms with Crippen LogP contribution in [0.4, 0.5) is 5.69 Å². The Kier molecular flexibility index (Phi) is 7.13. The van der Waals surface area contributed by atoms with E-state index in [2.05, 4.69) is 5.32 Å². The first-order valence-electron chi connectivity index (χ1n) is 8.24. The van der Waals surface area contributed by atoms with E-state index in [-0.39, 0.29) is 29.4 Å². The minimum Gasteiger partial charge on any atom is -0.339 e. The van der Waals surface area contributed by atoms with Gasteiger partial charge in [0, 0.05) is 13.1 Å². The smallest absolute Gasteiger partial charge is 0.255 e. The van der Waals surface area contributed by atoms with Crippen molar-refractivity contribution in [1.82, 2.24) is 4.90 Å². The minimum atomic E-state index is -0.198. The molecule has 1 aliphatic carbocycles. The average Bonchev–Trinajstić information content (AvgIpc) is 2.62. The minimum absolute atomic E-state index is 0.0533. The van der Waals surface area contributed by atoms with Crippen LogP contribution in [0, 0.1) is 11.3 Å². The first-order chi connectivity index (χ1) is 11.6. The molecule has 0 radical (unpaired) electrons. The van der Waals surface area contributed by atoms with E-state index in [9.17, 15) is 9.59 Å². The van der Waals surface area contributed by atoms with Gasteiger partial charge in [0.1, 0.15) is 0 Å². The number of nitrogens with one attached hydrogen (secondary N) is 1. The van der Waals surface area contributed by atoms with Crippen molar-refractivity contribution in [2.24, 2.45) is 0 Å². The van der Waals surface area contributed by atoms with Gasteiger partial charge in [-0.15, -0.1) is 11.8 Å². The fraction of sp³-hybridized carbons (Fsp3) is 0.500. The van der Waals surface area contributed by atoms with Gasteiger partial charge in [-0.2, -0.15) is 5.26 Å². The SMILES string of the molecule is CN(C(=O)c1ccccc1NC(=O)CSCC#N)C1CCCCC1. The molecule has 128 valence electrons. The summed E-state index contributed by atoms with van der Waals surface area (Å²) in [5, 5.41) is 11.3. The number of amides is 2. The maximum atomic E-state index is 12.8. The van der Waals surface area contributed by atoms with E-state index in [0.29, 0.717) is 11.3 Å². The van der Waals surface area contributed by atoms with Crippen molar-refractivity contribution in [3.63, 3.8) is 0 Å². The molecule has 0 unspecified atom stereocenters. The lowest BCUT2D eigenvalue weighted by molar-refractivity contribution is -0.113. The third-order valence-electron chi connectivity index (χ3n) is 4.27. The molecule has 0 saturated heterocycles. The second-order valence-electron chi connectivity index (χ2n) is 5.95. The first-order valence-corrected chi connectivity index (χ1v) is 9.39. The molecular formula is C18H23N3O2S. The Hall–Kier alpha value is -2.00. The molecule has 0 atom stereocenters. The Morgan fingerprint density at radius 3 is 2.71 bits per heavy atom. The van der Waals surface area contributed by atoms with Crippen LogP contribution >= 0.6 is 11.8 Å². The van der Waals surface area contributed by atoms with Gasteiger partial charge in [-0.25, -0.2) is 0 Å². The molecule has 0 aliphatic heterocycles. The number of benzene rings is 1. The number of para-hydroxylation sites is 1. The van der Waals surface area contributed by atoms with Crippen molar-refractivity contribution in [1.29, 1.82) is 5.26 Å². The summed E-state index contributed by atoms with van der Waals surface area (Å²) in [5.74, 6) is 0.228. The largest absolute Gasteiger partial charge is 0.339 e. The van der Waals surface area contributed by atoms with Gasteiger partial charge in [-0.1, -0.05) is 31.4 Å². The lowest BCUT2D eigenvalue weighted by atomic mass is 9.94. The van der Waals surface area contributed by atoms with Crippen molar-refractivity contribution < 1.29 is 9.59 Å². The fourth-order valence-corrected chi connectivity index (χ4v) is 3.43. The zero-order valence-corrected chi connectivity index (χ0v) is 14.8. The molecule has 0 bridgehead atoms. The molecule has 0 heterocycles. The van der Waals surface area contributed by atoms with E-state index in [1.54, 1.807) is 18.2 Å². The Morgan fingerprint density at radius 2 is 2.00 bits per heavy atom. The molecule has 2 rings (SSSR count). The number of nitriles is 1. The van der Waals surface area contributed by atoms with Gasteiger partial charge in [0.25, 0.3) is 5.91 Å². The molecule has 1 saturated carbocycles. The number of hydrogen-bond donors (Lipinski definition) is 1. The van der Waals surface area contributed by atoms with Gasteiger partial charge in [-0.05, 0) is 25.0 Å². The second kappa shape index (κ2) is 9.33. The van der Waals surface area contributed by atoms with E-state index in [1.807, 2.05) is 24.1 Å². The van der Waals surface area contributed by atoms with Gasteiger partial charge >= 0.3 is 0 Å². The van der Waals surface area contributed by atoms with Crippen LogP contribution in [0.1, 0.15) is 42.5 Å². The van der Waals surface area contributed by atoms with Gasteiger partial charge in [0.05, 0.1) is 28.8 Å². The fourth-order valence-electron chi connectivity index (χ4n) is 2.98. The number of nitrogens with zero attached hydrogens (tertiary/aromatic N) is 2. The molecule has 0 aromatic heterocycles. The monoisotopic (exact) mass is 345 g/mol. The van der Waals surface area contributed by atoms with Crippen molar-refractivity contribution >= 4 is 29.3 Å². The highest BCUT2D eigenvalue weighted by Crippen LogP contribution is 2.25. The Balaban J connectivity index is 2.05. The molecule has 5 nitrogen and oxygen atoms in total. The Labute approximate surface area is 147 Å². The van der Waals surface area contributed by atoms with E-state index < -0.39 is 0 Å². The predicted molar refractivity (Wildman–Crippen MR) is 97.0 cm³/mol. The van der Waals surface area contributed by atoms with Crippen LogP contribution in [-0.4, -0.2) is 41.3 Å². The standard InChI is InChI=1S/C18H23N3O2S/c1-21(14-7-3-2-4-8-14)18(23)15-9-5-6-10-16(15)20-17(22)13-24-12-11-19/h5-6,9-10,14H,2-4,7-8,12-13H2,1H3,(H,20,22). The average molecular weight is 345 g/mol. The molecule has 1 N–H and O–H groups in total. The molecule has 0 spiro atoms. The van der Waals surface area contributed by atoms with E-state index in [1.165, 1.54) is 18.2 Å². The molecule has 2 amide bonds. The summed E-state index contributed by atoms with van der Waals surface area (Å²) in [6.45, 7) is 0. The number of hydrogen-bond acceptors (Lipinski definition) is 4. The van der Waals surface area contributed by atoms with Crippen molar-refractivity contribution in [2.75, 3.05) is 23.9 Å². The quantitative estimate of drug-likeness (QED) is 0.803. The molecule has 1 aliphatic rings. The Morgan fingerprint density at radius 1 is 1.29 bits per heavy atom. The number of carbonyl (C=O) groups excluding carboxylic acids is 2. The van der Waals surface area contributed by atoms with Crippen LogP contribution in [0.15, 0.2) is 24.3 Å². The summed E-state index contributed by atoms with van der Waals surface area (Å²) >= 11 is 1.26. The zero-order chi connectivity index (χ0) is 17.4. The number of carbonyl (C=O) groups is 2. The predicted octanol–water partition coefficient (Wildman–Crippen LogP) is 3.29. The van der Waals surface area contributed by atoms with Crippen molar-refractivity contribution in [2.45, 2.75) is 38.1 Å². The third kappa shape index (κ3) is 5.00. The van der Waals surface area contributed by atoms with Crippen LogP contribution in [-0.2, 0) is 4.79 Å². The Bertz CT molecular complexity index is 621. The summed E-state index contributed by atoms with van der Waals surface area (Å²) < 4.78 is 0. The maximum absolute atomic E-state index is 12.8. The van der Waals surface area contributed by atoms with Gasteiger partial charge in [-0.3, -0.25) is 9.59 Å². The summed E-state index contributed by atoms with van der Waals surface area (Å²) in [6, 6.07) is 9.37. The normalized spacial score (nSPS) is 14.7. The second-order valence-corrected chi connectivity index (χ2v) is 6.94. The molecule has 24 heavy (non-hydrogen) atoms. The maximum Gasteiger partial charge on any atom is 0.255 e. The molecule has 1 aromatic carbocycles. The van der Waals surface area contributed by atoms with Crippen molar-refractivity contribution in [3.05, 3.63) is 29.8 Å². The lowest BCUT2D eigenvalue weighted by Crippen LogP contribution is -2.38. The molecule has 1 fully saturated rings. The van der Waals surface area contributed by atoms with Crippen LogP contribution in [0.5, 0.6) is 0 Å². The van der Waals surface area contributed by atoms with Gasteiger partial charge < -0.3 is 10.2 Å². The highest BCUT2D eigenvalue weighted by Gasteiger charge is 2.24. The first kappa shape index (κ1) is 18.3. The van der Waals surface area contributed by atoms with E-state index in [0.717, 1.165) is 25.7 Å². The summed E-state index contributed by atoms with van der Waals surface area (Å²) in [7, 11) is 1.85. The van der Waals surface area contributed by atoms with Gasteiger partial charge in [0.15, 0.2) is 0 Å². The van der Waals surface area contributed by atoms with Crippen molar-refractivity contribution in [3.8, 4) is 6.07 Å². The number of rotatable bonds is 6.